The smallest absolute Gasteiger partial charge is 0.261 e. The summed E-state index contributed by atoms with van der Waals surface area (Å²) in [6.45, 7) is 3.10. The van der Waals surface area contributed by atoms with Crippen LogP contribution in [0.3, 0.4) is 0 Å². The van der Waals surface area contributed by atoms with E-state index in [-0.39, 0.29) is 30.8 Å². The highest BCUT2D eigenvalue weighted by molar-refractivity contribution is 6.04. The van der Waals surface area contributed by atoms with E-state index in [9.17, 15) is 24.2 Å². The van der Waals surface area contributed by atoms with Crippen molar-refractivity contribution in [1.29, 1.82) is 0 Å². The SMILES string of the molecule is CC(C)(O)Cn1cc(C(=O)Nc2ccc(-c3cc(-c4cnn(C[C@H](O)CO)c4)cnc3N)cc2)c(=O)c(-c2ccc(F)cc2)c1. The molecule has 1 atom stereocenters. The molecular formula is C33H33FN6O5. The number of rotatable bonds is 10. The first-order valence-corrected chi connectivity index (χ1v) is 14.1. The number of nitrogens with two attached hydrogens (primary N) is 1. The normalized spacial score (nSPS) is 12.2. The molecular weight excluding hydrogens is 579 g/mol. The highest BCUT2D eigenvalue weighted by atomic mass is 19.1. The molecule has 0 bridgehead atoms. The molecule has 1 amide bonds. The van der Waals surface area contributed by atoms with Crippen molar-refractivity contribution in [1.82, 2.24) is 19.3 Å². The first kappa shape index (κ1) is 31.3. The van der Waals surface area contributed by atoms with Gasteiger partial charge in [-0.25, -0.2) is 9.37 Å². The third kappa shape index (κ3) is 7.50. The molecule has 5 rings (SSSR count). The summed E-state index contributed by atoms with van der Waals surface area (Å²) in [6, 6.07) is 14.1. The third-order valence-corrected chi connectivity index (χ3v) is 7.00. The molecule has 0 saturated carbocycles. The van der Waals surface area contributed by atoms with Gasteiger partial charge >= 0.3 is 0 Å². The first-order valence-electron chi connectivity index (χ1n) is 14.1. The monoisotopic (exact) mass is 612 g/mol. The van der Waals surface area contributed by atoms with Gasteiger partial charge in [0.2, 0.25) is 5.43 Å². The van der Waals surface area contributed by atoms with Gasteiger partial charge in [-0.05, 0) is 55.3 Å². The highest BCUT2D eigenvalue weighted by Crippen LogP contribution is 2.30. The summed E-state index contributed by atoms with van der Waals surface area (Å²) >= 11 is 0. The third-order valence-electron chi connectivity index (χ3n) is 7.00. The molecule has 12 heteroatoms. The summed E-state index contributed by atoms with van der Waals surface area (Å²) in [7, 11) is 0. The van der Waals surface area contributed by atoms with E-state index in [0.717, 1.165) is 16.7 Å². The molecule has 3 aromatic heterocycles. The number of hydrogen-bond acceptors (Lipinski definition) is 8. The molecule has 0 aliphatic rings. The average molecular weight is 613 g/mol. The minimum Gasteiger partial charge on any atom is -0.394 e. The second-order valence-corrected chi connectivity index (χ2v) is 11.4. The molecule has 11 nitrogen and oxygen atoms in total. The van der Waals surface area contributed by atoms with E-state index >= 15 is 0 Å². The summed E-state index contributed by atoms with van der Waals surface area (Å²) < 4.78 is 16.6. The van der Waals surface area contributed by atoms with Crippen molar-refractivity contribution in [3.05, 3.63) is 107 Å². The zero-order chi connectivity index (χ0) is 32.3. The van der Waals surface area contributed by atoms with Crippen molar-refractivity contribution < 1.29 is 24.5 Å². The molecule has 2 aromatic carbocycles. The number of anilines is 2. The summed E-state index contributed by atoms with van der Waals surface area (Å²) in [5.41, 5.74) is 8.31. The van der Waals surface area contributed by atoms with E-state index in [1.807, 2.05) is 6.07 Å². The zero-order valence-electron chi connectivity index (χ0n) is 24.7. The Kier molecular flexibility index (Phi) is 8.91. The number of nitrogen functional groups attached to an aromatic ring is 1. The molecule has 0 aliphatic heterocycles. The van der Waals surface area contributed by atoms with Gasteiger partial charge in [0.15, 0.2) is 0 Å². The Bertz CT molecular complexity index is 1880. The topological polar surface area (TPSA) is 169 Å². The molecule has 0 saturated heterocycles. The molecule has 3 heterocycles. The summed E-state index contributed by atoms with van der Waals surface area (Å²) in [5, 5.41) is 36.1. The number of halogens is 1. The molecule has 5 aromatic rings. The van der Waals surface area contributed by atoms with Crippen molar-refractivity contribution in [2.75, 3.05) is 17.7 Å². The van der Waals surface area contributed by atoms with Crippen molar-refractivity contribution in [3.63, 3.8) is 0 Å². The van der Waals surface area contributed by atoms with Gasteiger partial charge in [-0.15, -0.1) is 0 Å². The van der Waals surface area contributed by atoms with Crippen molar-refractivity contribution in [2.45, 2.75) is 38.6 Å². The van der Waals surface area contributed by atoms with Crippen molar-refractivity contribution in [2.24, 2.45) is 0 Å². The van der Waals surface area contributed by atoms with Crippen LogP contribution < -0.4 is 16.5 Å². The van der Waals surface area contributed by atoms with Crippen LogP contribution in [0.15, 0.2) is 90.4 Å². The molecule has 0 aliphatic carbocycles. The predicted molar refractivity (Wildman–Crippen MR) is 169 cm³/mol. The Hall–Kier alpha value is -5.17. The predicted octanol–water partition coefficient (Wildman–Crippen LogP) is 3.54. The summed E-state index contributed by atoms with van der Waals surface area (Å²) in [4.78, 5) is 31.1. The first-order chi connectivity index (χ1) is 21.4. The van der Waals surface area contributed by atoms with E-state index < -0.39 is 28.9 Å². The van der Waals surface area contributed by atoms with Gasteiger partial charge in [0, 0.05) is 52.7 Å². The van der Waals surface area contributed by atoms with E-state index in [0.29, 0.717) is 22.6 Å². The molecule has 0 unspecified atom stereocenters. The Morgan fingerprint density at radius 3 is 2.31 bits per heavy atom. The van der Waals surface area contributed by atoms with Crippen LogP contribution in [0.1, 0.15) is 24.2 Å². The largest absolute Gasteiger partial charge is 0.394 e. The van der Waals surface area contributed by atoms with Gasteiger partial charge < -0.3 is 30.9 Å². The van der Waals surface area contributed by atoms with Crippen LogP contribution in [0.4, 0.5) is 15.9 Å². The second-order valence-electron chi connectivity index (χ2n) is 11.4. The fourth-order valence-corrected chi connectivity index (χ4v) is 4.85. The Morgan fingerprint density at radius 1 is 0.978 bits per heavy atom. The fourth-order valence-electron chi connectivity index (χ4n) is 4.85. The highest BCUT2D eigenvalue weighted by Gasteiger charge is 2.20. The van der Waals surface area contributed by atoms with Crippen LogP contribution in [0.25, 0.3) is 33.4 Å². The van der Waals surface area contributed by atoms with Gasteiger partial charge in [0.25, 0.3) is 5.91 Å². The number of aliphatic hydroxyl groups is 3. The summed E-state index contributed by atoms with van der Waals surface area (Å²) in [6.07, 6.45) is 6.97. The molecule has 232 valence electrons. The standard InChI is InChI=1S/C33H33FN6O5/c1-33(2,45)19-39-16-28(21-3-7-24(34)8-4-21)30(43)29(17-39)32(44)38-25-9-5-20(6-10-25)27-11-22(12-36-31(27)35)23-13-37-40(14-23)15-26(42)18-41/h3-14,16-17,26,41-42,45H,15,18-19H2,1-2H3,(H2,35,36)(H,38,44)/t26-/m0/s1. The number of carbonyl (C=O) groups is 1. The molecule has 45 heavy (non-hydrogen) atoms. The number of nitrogens with zero attached hydrogens (tertiary/aromatic N) is 4. The second kappa shape index (κ2) is 12.8. The van der Waals surface area contributed by atoms with Crippen LogP contribution in [0, 0.1) is 5.82 Å². The van der Waals surface area contributed by atoms with E-state index in [1.54, 1.807) is 61.3 Å². The van der Waals surface area contributed by atoms with Crippen LogP contribution in [-0.2, 0) is 13.1 Å². The number of benzene rings is 2. The number of pyridine rings is 2. The van der Waals surface area contributed by atoms with Gasteiger partial charge in [-0.1, -0.05) is 24.3 Å². The maximum Gasteiger partial charge on any atom is 0.261 e. The Morgan fingerprint density at radius 2 is 1.64 bits per heavy atom. The molecule has 0 spiro atoms. The lowest BCUT2D eigenvalue weighted by Crippen LogP contribution is -2.29. The van der Waals surface area contributed by atoms with Crippen LogP contribution in [0.2, 0.25) is 0 Å². The lowest BCUT2D eigenvalue weighted by molar-refractivity contribution is 0.0612. The van der Waals surface area contributed by atoms with Gasteiger partial charge in [0.05, 0.1) is 37.6 Å². The van der Waals surface area contributed by atoms with E-state index in [1.165, 1.54) is 41.3 Å². The molecule has 6 N–H and O–H groups in total. The Labute approximate surface area is 258 Å². The maximum atomic E-state index is 13.6. The van der Waals surface area contributed by atoms with Gasteiger partial charge in [-0.2, -0.15) is 5.10 Å². The Balaban J connectivity index is 1.40. The average Bonchev–Trinajstić information content (AvgIpc) is 3.46. The number of nitrogens with one attached hydrogen (secondary N) is 1. The van der Waals surface area contributed by atoms with Crippen molar-refractivity contribution >= 4 is 17.4 Å². The van der Waals surface area contributed by atoms with Gasteiger partial charge in [-0.3, -0.25) is 14.3 Å². The van der Waals surface area contributed by atoms with Crippen LogP contribution in [-0.4, -0.2) is 58.9 Å². The van der Waals surface area contributed by atoms with Crippen LogP contribution >= 0.6 is 0 Å². The minimum absolute atomic E-state index is 0.108. The summed E-state index contributed by atoms with van der Waals surface area (Å²) in [5.74, 6) is -0.806. The fraction of sp³-hybridized carbons (Fsp3) is 0.212. The number of hydrogen-bond donors (Lipinski definition) is 5. The minimum atomic E-state index is -1.13. The number of amides is 1. The zero-order valence-corrected chi connectivity index (χ0v) is 24.7. The quantitative estimate of drug-likeness (QED) is 0.160. The number of aliphatic hydroxyl groups excluding tert-OH is 2. The van der Waals surface area contributed by atoms with Crippen molar-refractivity contribution in [3.8, 4) is 33.4 Å². The molecule has 0 fully saturated rings. The maximum absolute atomic E-state index is 13.6. The number of carbonyl (C=O) groups excluding carboxylic acids is 1. The lowest BCUT2D eigenvalue weighted by atomic mass is 10.0. The van der Waals surface area contributed by atoms with Crippen LogP contribution in [0.5, 0.6) is 0 Å². The van der Waals surface area contributed by atoms with E-state index in [2.05, 4.69) is 15.4 Å². The van der Waals surface area contributed by atoms with E-state index in [4.69, 9.17) is 10.8 Å². The number of aromatic nitrogens is 4. The lowest BCUT2D eigenvalue weighted by Gasteiger charge is -2.20. The molecule has 0 radical (unpaired) electrons. The van der Waals surface area contributed by atoms with Gasteiger partial charge in [0.1, 0.15) is 17.2 Å².